The van der Waals surface area contributed by atoms with Gasteiger partial charge in [0.25, 0.3) is 0 Å². The summed E-state index contributed by atoms with van der Waals surface area (Å²) >= 11 is 1.41. The minimum Gasteiger partial charge on any atom is -0.497 e. The number of ether oxygens (including phenoxy) is 1. The summed E-state index contributed by atoms with van der Waals surface area (Å²) in [6, 6.07) is 13.6. The molecule has 2 aromatic rings. The van der Waals surface area contributed by atoms with Crippen molar-refractivity contribution in [3.8, 4) is 5.75 Å². The third kappa shape index (κ3) is 4.74. The number of nitrogens with zero attached hydrogens (tertiary/aromatic N) is 3. The Morgan fingerprint density at radius 1 is 1.19 bits per heavy atom. The third-order valence-corrected chi connectivity index (χ3v) is 5.44. The standard InChI is InChI=1S/C20H20FN3O2S/c1-3-18-19(25)24(13-15-4-8-16(21)9-5-15)20(27-18)23-22-12-14-6-10-17(26-2)11-7-14/h4-12,18H,3,13H2,1-2H3/b22-12-,23-20+/t18-/m1/s1. The van der Waals surface area contributed by atoms with Crippen LogP contribution in [-0.2, 0) is 11.3 Å². The van der Waals surface area contributed by atoms with Crippen LogP contribution in [0.2, 0.25) is 0 Å². The number of methoxy groups -OCH3 is 1. The van der Waals surface area contributed by atoms with Gasteiger partial charge < -0.3 is 4.74 Å². The van der Waals surface area contributed by atoms with E-state index in [0.717, 1.165) is 16.9 Å². The van der Waals surface area contributed by atoms with E-state index >= 15 is 0 Å². The van der Waals surface area contributed by atoms with Crippen LogP contribution in [0, 0.1) is 5.82 Å². The van der Waals surface area contributed by atoms with Crippen molar-refractivity contribution in [2.75, 3.05) is 7.11 Å². The van der Waals surface area contributed by atoms with Gasteiger partial charge in [0.1, 0.15) is 11.6 Å². The highest BCUT2D eigenvalue weighted by Gasteiger charge is 2.36. The zero-order chi connectivity index (χ0) is 19.2. The molecule has 1 atom stereocenters. The summed E-state index contributed by atoms with van der Waals surface area (Å²) in [4.78, 5) is 14.2. The lowest BCUT2D eigenvalue weighted by Crippen LogP contribution is -2.31. The van der Waals surface area contributed by atoms with E-state index in [9.17, 15) is 9.18 Å². The average molecular weight is 385 g/mol. The zero-order valence-electron chi connectivity index (χ0n) is 15.1. The van der Waals surface area contributed by atoms with Gasteiger partial charge in [0, 0.05) is 0 Å². The Bertz CT molecular complexity index is 851. The lowest BCUT2D eigenvalue weighted by Gasteiger charge is -2.15. The molecule has 0 aromatic heterocycles. The molecule has 7 heteroatoms. The molecule has 0 radical (unpaired) electrons. The fraction of sp³-hybridized carbons (Fsp3) is 0.250. The van der Waals surface area contributed by atoms with E-state index in [-0.39, 0.29) is 17.0 Å². The molecule has 0 N–H and O–H groups in total. The number of hydrogen-bond donors (Lipinski definition) is 0. The summed E-state index contributed by atoms with van der Waals surface area (Å²) in [6.45, 7) is 2.31. The number of carbonyl (C=O) groups excluding carboxylic acids is 1. The SMILES string of the molecule is CC[C@H]1S/C(=N/N=C\c2ccc(OC)cc2)N(Cc2ccc(F)cc2)C1=O. The van der Waals surface area contributed by atoms with Crippen molar-refractivity contribution in [1.82, 2.24) is 4.90 Å². The molecule has 0 bridgehead atoms. The van der Waals surface area contributed by atoms with Crippen LogP contribution < -0.4 is 4.74 Å². The molecule has 2 aromatic carbocycles. The van der Waals surface area contributed by atoms with Gasteiger partial charge in [-0.25, -0.2) is 4.39 Å². The van der Waals surface area contributed by atoms with E-state index < -0.39 is 0 Å². The number of amides is 1. The molecule has 1 fully saturated rings. The number of hydrogen-bond acceptors (Lipinski definition) is 5. The summed E-state index contributed by atoms with van der Waals surface area (Å²) in [5.41, 5.74) is 1.72. The Morgan fingerprint density at radius 3 is 2.52 bits per heavy atom. The molecule has 3 rings (SSSR count). The second-order valence-corrected chi connectivity index (χ2v) is 7.14. The summed E-state index contributed by atoms with van der Waals surface area (Å²) in [5.74, 6) is 0.474. The molecule has 1 heterocycles. The predicted molar refractivity (Wildman–Crippen MR) is 107 cm³/mol. The van der Waals surface area contributed by atoms with Gasteiger partial charge in [-0.2, -0.15) is 5.10 Å². The molecule has 1 aliphatic heterocycles. The van der Waals surface area contributed by atoms with Gasteiger partial charge in [-0.05, 0) is 53.9 Å². The summed E-state index contributed by atoms with van der Waals surface area (Å²) < 4.78 is 18.2. The Morgan fingerprint density at radius 2 is 1.89 bits per heavy atom. The number of carbonyl (C=O) groups is 1. The molecule has 5 nitrogen and oxygen atoms in total. The highest BCUT2D eigenvalue weighted by Crippen LogP contribution is 2.30. The molecule has 140 valence electrons. The van der Waals surface area contributed by atoms with Crippen molar-refractivity contribution >= 4 is 29.1 Å². The first kappa shape index (κ1) is 19.1. The monoisotopic (exact) mass is 385 g/mol. The van der Waals surface area contributed by atoms with E-state index in [4.69, 9.17) is 4.74 Å². The predicted octanol–water partition coefficient (Wildman–Crippen LogP) is 4.08. The van der Waals surface area contributed by atoms with Gasteiger partial charge in [0.05, 0.1) is 25.1 Å². The fourth-order valence-corrected chi connectivity index (χ4v) is 3.62. The third-order valence-electron chi connectivity index (χ3n) is 4.11. The number of thioether (sulfide) groups is 1. The highest BCUT2D eigenvalue weighted by atomic mass is 32.2. The van der Waals surface area contributed by atoms with Crippen LogP contribution in [-0.4, -0.2) is 34.5 Å². The van der Waals surface area contributed by atoms with Crippen LogP contribution in [0.15, 0.2) is 58.7 Å². The van der Waals surface area contributed by atoms with Crippen molar-refractivity contribution in [3.63, 3.8) is 0 Å². The van der Waals surface area contributed by atoms with Crippen molar-refractivity contribution < 1.29 is 13.9 Å². The number of amidine groups is 1. The number of rotatable bonds is 6. The first-order valence-electron chi connectivity index (χ1n) is 8.58. The Hall–Kier alpha value is -2.67. The van der Waals surface area contributed by atoms with Crippen LogP contribution in [0.25, 0.3) is 0 Å². The molecule has 0 aliphatic carbocycles. The van der Waals surface area contributed by atoms with Crippen LogP contribution >= 0.6 is 11.8 Å². The van der Waals surface area contributed by atoms with Crippen LogP contribution in [0.3, 0.4) is 0 Å². The molecule has 0 unspecified atom stereocenters. The first-order valence-corrected chi connectivity index (χ1v) is 9.46. The highest BCUT2D eigenvalue weighted by molar-refractivity contribution is 8.15. The Labute approximate surface area is 161 Å². The molecule has 1 aliphatic rings. The van der Waals surface area contributed by atoms with Crippen molar-refractivity contribution in [3.05, 3.63) is 65.5 Å². The van der Waals surface area contributed by atoms with Crippen LogP contribution in [0.5, 0.6) is 5.75 Å². The Kier molecular flexibility index (Phi) is 6.24. The topological polar surface area (TPSA) is 54.3 Å². The van der Waals surface area contributed by atoms with E-state index in [2.05, 4.69) is 10.2 Å². The van der Waals surface area contributed by atoms with Crippen molar-refractivity contribution in [1.29, 1.82) is 0 Å². The molecule has 1 amide bonds. The largest absolute Gasteiger partial charge is 0.497 e. The molecular weight excluding hydrogens is 365 g/mol. The summed E-state index contributed by atoms with van der Waals surface area (Å²) in [6.07, 6.45) is 2.34. The lowest BCUT2D eigenvalue weighted by molar-refractivity contribution is -0.126. The molecular formula is C20H20FN3O2S. The van der Waals surface area contributed by atoms with Gasteiger partial charge in [0.2, 0.25) is 5.91 Å². The van der Waals surface area contributed by atoms with Gasteiger partial charge in [-0.1, -0.05) is 30.8 Å². The van der Waals surface area contributed by atoms with E-state index in [0.29, 0.717) is 18.1 Å². The lowest BCUT2D eigenvalue weighted by atomic mass is 10.2. The van der Waals surface area contributed by atoms with Gasteiger partial charge >= 0.3 is 0 Å². The second-order valence-electron chi connectivity index (χ2n) is 5.97. The average Bonchev–Trinajstić information content (AvgIpc) is 2.99. The van der Waals surface area contributed by atoms with E-state index in [1.165, 1.54) is 23.9 Å². The summed E-state index contributed by atoms with van der Waals surface area (Å²) in [7, 11) is 1.61. The van der Waals surface area contributed by atoms with Gasteiger partial charge in [-0.3, -0.25) is 9.69 Å². The minimum atomic E-state index is -0.301. The maximum Gasteiger partial charge on any atom is 0.242 e. The maximum absolute atomic E-state index is 13.1. The quantitative estimate of drug-likeness (QED) is 0.556. The molecule has 0 saturated carbocycles. The summed E-state index contributed by atoms with van der Waals surface area (Å²) in [5, 5.41) is 8.78. The minimum absolute atomic E-state index is 0.00484. The van der Waals surface area contributed by atoms with Crippen LogP contribution in [0.1, 0.15) is 24.5 Å². The van der Waals surface area contributed by atoms with Crippen molar-refractivity contribution in [2.45, 2.75) is 25.1 Å². The Balaban J connectivity index is 1.77. The molecule has 0 spiro atoms. The first-order chi connectivity index (χ1) is 13.1. The van der Waals surface area contributed by atoms with Crippen LogP contribution in [0.4, 0.5) is 4.39 Å². The normalized spacial score (nSPS) is 18.6. The second kappa shape index (κ2) is 8.81. The maximum atomic E-state index is 13.1. The smallest absolute Gasteiger partial charge is 0.242 e. The number of halogens is 1. The van der Waals surface area contributed by atoms with E-state index in [1.807, 2.05) is 31.2 Å². The molecule has 1 saturated heterocycles. The van der Waals surface area contributed by atoms with Crippen molar-refractivity contribution in [2.24, 2.45) is 10.2 Å². The van der Waals surface area contributed by atoms with E-state index in [1.54, 1.807) is 30.4 Å². The number of benzene rings is 2. The van der Waals surface area contributed by atoms with Gasteiger partial charge in [0.15, 0.2) is 5.17 Å². The molecule has 27 heavy (non-hydrogen) atoms. The fourth-order valence-electron chi connectivity index (χ4n) is 2.60. The zero-order valence-corrected chi connectivity index (χ0v) is 15.9. The van der Waals surface area contributed by atoms with Gasteiger partial charge in [-0.15, -0.1) is 5.10 Å².